The summed E-state index contributed by atoms with van der Waals surface area (Å²) in [6.07, 6.45) is 0.783. The molecule has 0 atom stereocenters. The van der Waals surface area contributed by atoms with Crippen molar-refractivity contribution >= 4 is 22.2 Å². The van der Waals surface area contributed by atoms with E-state index < -0.39 is 17.3 Å². The zero-order chi connectivity index (χ0) is 10.7. The first kappa shape index (κ1) is 11.0. The summed E-state index contributed by atoms with van der Waals surface area (Å²) < 4.78 is 13.4. The highest BCUT2D eigenvalue weighted by atomic mass is 79.9. The molecule has 3 nitrogen and oxygen atoms in total. The van der Waals surface area contributed by atoms with Crippen molar-refractivity contribution in [2.75, 3.05) is 0 Å². The number of rotatable bonds is 3. The van der Waals surface area contributed by atoms with Gasteiger partial charge in [-0.15, -0.1) is 0 Å². The average molecular weight is 263 g/mol. The minimum absolute atomic E-state index is 0.0519. The third-order valence-corrected chi connectivity index (χ3v) is 2.36. The fourth-order valence-electron chi connectivity index (χ4n) is 1.09. The maximum atomic E-state index is 13.3. The molecule has 0 spiro atoms. The number of aromatic hydroxyl groups is 2. The van der Waals surface area contributed by atoms with Crippen LogP contribution in [-0.4, -0.2) is 16.5 Å². The van der Waals surface area contributed by atoms with Crippen molar-refractivity contribution in [2.45, 2.75) is 12.8 Å². The molecule has 0 unspecified atom stereocenters. The van der Waals surface area contributed by atoms with Crippen LogP contribution in [0.1, 0.15) is 12.0 Å². The average Bonchev–Trinajstić information content (AvgIpc) is 2.15. The molecule has 0 saturated heterocycles. The Kier molecular flexibility index (Phi) is 3.46. The Labute approximate surface area is 88.3 Å². The van der Waals surface area contributed by atoms with E-state index in [1.807, 2.05) is 0 Å². The molecule has 0 heterocycles. The van der Waals surface area contributed by atoms with Crippen molar-refractivity contribution in [3.05, 3.63) is 21.9 Å². The minimum atomic E-state index is -0.651. The molecule has 0 saturated carbocycles. The van der Waals surface area contributed by atoms with Crippen molar-refractivity contribution in [3.63, 3.8) is 0 Å². The summed E-state index contributed by atoms with van der Waals surface area (Å²) in [6.45, 7) is 0. The van der Waals surface area contributed by atoms with Crippen LogP contribution < -0.4 is 0 Å². The molecule has 0 aromatic heterocycles. The fourth-order valence-corrected chi connectivity index (χ4v) is 1.54. The lowest BCUT2D eigenvalue weighted by molar-refractivity contribution is -0.107. The van der Waals surface area contributed by atoms with Crippen LogP contribution in [0.2, 0.25) is 0 Å². The van der Waals surface area contributed by atoms with Crippen LogP contribution in [0.15, 0.2) is 10.5 Å². The SMILES string of the molecule is O=CCCc1c(O)c(O)cc(Br)c1F. The standard InChI is InChI=1S/C9H8BrFO3/c10-6-4-7(13)9(14)5(8(6)11)2-1-3-12/h3-4,13-14H,1-2H2. The van der Waals surface area contributed by atoms with Gasteiger partial charge in [-0.25, -0.2) is 4.39 Å². The zero-order valence-electron chi connectivity index (χ0n) is 7.13. The Morgan fingerprint density at radius 1 is 1.50 bits per heavy atom. The van der Waals surface area contributed by atoms with Gasteiger partial charge < -0.3 is 15.0 Å². The van der Waals surface area contributed by atoms with Crippen molar-refractivity contribution < 1.29 is 19.4 Å². The van der Waals surface area contributed by atoms with Crippen LogP contribution in [0.4, 0.5) is 4.39 Å². The van der Waals surface area contributed by atoms with E-state index in [9.17, 15) is 14.3 Å². The maximum absolute atomic E-state index is 13.3. The predicted octanol–water partition coefficient (Wildman–Crippen LogP) is 2.13. The molecule has 1 aromatic rings. The lowest BCUT2D eigenvalue weighted by atomic mass is 10.1. The lowest BCUT2D eigenvalue weighted by Crippen LogP contribution is -1.94. The van der Waals surface area contributed by atoms with Crippen molar-refractivity contribution in [2.24, 2.45) is 0 Å². The summed E-state index contributed by atoms with van der Waals surface area (Å²) in [5.41, 5.74) is -0.0519. The monoisotopic (exact) mass is 262 g/mol. The van der Waals surface area contributed by atoms with E-state index in [-0.39, 0.29) is 22.9 Å². The number of carbonyl (C=O) groups excluding carboxylic acids is 1. The summed E-state index contributed by atoms with van der Waals surface area (Å²) in [6, 6.07) is 1.06. The molecule has 0 aliphatic rings. The van der Waals surface area contributed by atoms with Gasteiger partial charge in [0.05, 0.1) is 4.47 Å². The Morgan fingerprint density at radius 2 is 2.14 bits per heavy atom. The van der Waals surface area contributed by atoms with Crippen LogP contribution in [0.3, 0.4) is 0 Å². The van der Waals surface area contributed by atoms with E-state index in [0.29, 0.717) is 6.29 Å². The first-order chi connectivity index (χ1) is 6.57. The zero-order valence-corrected chi connectivity index (χ0v) is 8.71. The van der Waals surface area contributed by atoms with Crippen LogP contribution in [0.5, 0.6) is 11.5 Å². The van der Waals surface area contributed by atoms with Crippen molar-refractivity contribution in [1.29, 1.82) is 0 Å². The summed E-state index contributed by atoms with van der Waals surface area (Å²) in [5.74, 6) is -1.56. The number of benzene rings is 1. The van der Waals surface area contributed by atoms with Gasteiger partial charge in [-0.2, -0.15) is 0 Å². The summed E-state index contributed by atoms with van der Waals surface area (Å²) in [4.78, 5) is 10.1. The van der Waals surface area contributed by atoms with Gasteiger partial charge in [-0.05, 0) is 22.4 Å². The Balaban J connectivity index is 3.17. The highest BCUT2D eigenvalue weighted by Crippen LogP contribution is 2.36. The number of aldehydes is 1. The topological polar surface area (TPSA) is 57.5 Å². The molecule has 5 heteroatoms. The molecular weight excluding hydrogens is 255 g/mol. The molecule has 2 N–H and O–H groups in total. The van der Waals surface area contributed by atoms with Gasteiger partial charge in [-0.3, -0.25) is 0 Å². The quantitative estimate of drug-likeness (QED) is 0.648. The molecule has 0 radical (unpaired) electrons. The third-order valence-electron chi connectivity index (χ3n) is 1.78. The number of hydrogen-bond acceptors (Lipinski definition) is 3. The molecule has 14 heavy (non-hydrogen) atoms. The molecule has 0 amide bonds. The summed E-state index contributed by atoms with van der Waals surface area (Å²) >= 11 is 2.89. The summed E-state index contributed by atoms with van der Waals surface area (Å²) in [7, 11) is 0. The summed E-state index contributed by atoms with van der Waals surface area (Å²) in [5, 5.41) is 18.5. The molecule has 1 rings (SSSR count). The molecule has 0 aliphatic heterocycles. The normalized spacial score (nSPS) is 10.1. The molecule has 0 bridgehead atoms. The molecule has 76 valence electrons. The molecule has 0 aliphatic carbocycles. The largest absolute Gasteiger partial charge is 0.504 e. The number of phenolic OH excluding ortho intramolecular Hbond substituents is 2. The van der Waals surface area contributed by atoms with Crippen LogP contribution in [0.25, 0.3) is 0 Å². The maximum Gasteiger partial charge on any atom is 0.163 e. The van der Waals surface area contributed by atoms with Crippen LogP contribution in [0, 0.1) is 5.82 Å². The second kappa shape index (κ2) is 4.41. The van der Waals surface area contributed by atoms with Crippen molar-refractivity contribution in [1.82, 2.24) is 0 Å². The Morgan fingerprint density at radius 3 is 2.71 bits per heavy atom. The number of carbonyl (C=O) groups is 1. The van der Waals surface area contributed by atoms with E-state index >= 15 is 0 Å². The van der Waals surface area contributed by atoms with Crippen molar-refractivity contribution in [3.8, 4) is 11.5 Å². The van der Waals surface area contributed by atoms with E-state index in [1.165, 1.54) is 0 Å². The van der Waals surface area contributed by atoms with Gasteiger partial charge in [0.15, 0.2) is 11.5 Å². The highest BCUT2D eigenvalue weighted by molar-refractivity contribution is 9.10. The first-order valence-corrected chi connectivity index (χ1v) is 4.69. The Hall–Kier alpha value is -1.10. The second-order valence-electron chi connectivity index (χ2n) is 2.72. The van der Waals surface area contributed by atoms with E-state index in [4.69, 9.17) is 5.11 Å². The van der Waals surface area contributed by atoms with Crippen LogP contribution in [-0.2, 0) is 11.2 Å². The predicted molar refractivity (Wildman–Crippen MR) is 51.8 cm³/mol. The Bertz CT molecular complexity index is 339. The number of halogens is 2. The highest BCUT2D eigenvalue weighted by Gasteiger charge is 2.15. The van der Waals surface area contributed by atoms with Gasteiger partial charge in [-0.1, -0.05) is 0 Å². The lowest BCUT2D eigenvalue weighted by Gasteiger charge is -2.07. The van der Waals surface area contributed by atoms with E-state index in [0.717, 1.165) is 6.07 Å². The first-order valence-electron chi connectivity index (χ1n) is 3.90. The minimum Gasteiger partial charge on any atom is -0.504 e. The number of phenols is 2. The molecular formula is C9H8BrFO3. The van der Waals surface area contributed by atoms with Gasteiger partial charge in [0.1, 0.15) is 12.1 Å². The van der Waals surface area contributed by atoms with Gasteiger partial charge in [0.25, 0.3) is 0 Å². The smallest absolute Gasteiger partial charge is 0.163 e. The number of hydrogen-bond donors (Lipinski definition) is 2. The van der Waals surface area contributed by atoms with E-state index in [1.54, 1.807) is 0 Å². The van der Waals surface area contributed by atoms with Gasteiger partial charge in [0.2, 0.25) is 0 Å². The fraction of sp³-hybridized carbons (Fsp3) is 0.222. The van der Waals surface area contributed by atoms with E-state index in [2.05, 4.69) is 15.9 Å². The second-order valence-corrected chi connectivity index (χ2v) is 3.58. The van der Waals surface area contributed by atoms with Gasteiger partial charge in [0, 0.05) is 18.1 Å². The molecule has 0 fully saturated rings. The van der Waals surface area contributed by atoms with Gasteiger partial charge >= 0.3 is 0 Å². The van der Waals surface area contributed by atoms with Crippen LogP contribution >= 0.6 is 15.9 Å². The third kappa shape index (κ3) is 2.04. The molecule has 1 aromatic carbocycles.